The number of nitrogens with one attached hydrogen (secondary N) is 1. The zero-order valence-electron chi connectivity index (χ0n) is 16.4. The second-order valence-electron chi connectivity index (χ2n) is 6.88. The lowest BCUT2D eigenvalue weighted by molar-refractivity contribution is 0.0913. The second kappa shape index (κ2) is 9.64. The van der Waals surface area contributed by atoms with Crippen LogP contribution in [0.15, 0.2) is 27.8 Å². The van der Waals surface area contributed by atoms with Crippen molar-refractivity contribution in [3.8, 4) is 0 Å². The summed E-state index contributed by atoms with van der Waals surface area (Å²) < 4.78 is 10.8. The van der Waals surface area contributed by atoms with E-state index in [0.717, 1.165) is 44.4 Å². The zero-order chi connectivity index (χ0) is 19.1. The maximum absolute atomic E-state index is 11.9. The van der Waals surface area contributed by atoms with Crippen LogP contribution in [0.25, 0.3) is 0 Å². The van der Waals surface area contributed by atoms with Crippen molar-refractivity contribution in [1.29, 1.82) is 0 Å². The normalized spacial score (nSPS) is 20.0. The minimum absolute atomic E-state index is 0.208. The highest BCUT2D eigenvalue weighted by Crippen LogP contribution is 2.25. The van der Waals surface area contributed by atoms with Gasteiger partial charge in [-0.05, 0) is 45.0 Å². The van der Waals surface area contributed by atoms with E-state index in [1.54, 1.807) is 18.2 Å². The smallest absolute Gasteiger partial charge is 0.409 e. The van der Waals surface area contributed by atoms with Crippen LogP contribution in [-0.2, 0) is 4.74 Å². The van der Waals surface area contributed by atoms with Gasteiger partial charge in [0.1, 0.15) is 5.76 Å². The predicted molar refractivity (Wildman–Crippen MR) is 104 cm³/mol. The molecule has 2 fully saturated rings. The Kier molecular flexibility index (Phi) is 6.98. The van der Waals surface area contributed by atoms with Crippen LogP contribution in [0.4, 0.5) is 4.79 Å². The van der Waals surface area contributed by atoms with E-state index in [1.165, 1.54) is 12.8 Å². The molecule has 1 N–H and O–H groups in total. The molecule has 3 heterocycles. The summed E-state index contributed by atoms with van der Waals surface area (Å²) in [7, 11) is 1.80. The van der Waals surface area contributed by atoms with E-state index in [9.17, 15) is 4.79 Å². The number of carbonyl (C=O) groups is 1. The number of likely N-dealkylation sites (tertiary alicyclic amines) is 1. The molecule has 2 saturated heterocycles. The van der Waals surface area contributed by atoms with Gasteiger partial charge in [0.15, 0.2) is 5.96 Å². The van der Waals surface area contributed by atoms with Crippen LogP contribution in [0.1, 0.15) is 31.6 Å². The summed E-state index contributed by atoms with van der Waals surface area (Å²) in [6, 6.07) is 4.20. The molecule has 0 aromatic carbocycles. The SMILES string of the molecule is CCOC(=O)N1CCN(C(=NC)NCC(c2ccco2)N2CCCC2)CC1. The van der Waals surface area contributed by atoms with Crippen molar-refractivity contribution in [2.75, 3.05) is 59.5 Å². The van der Waals surface area contributed by atoms with Crippen LogP contribution in [0.5, 0.6) is 0 Å². The molecule has 2 aliphatic rings. The molecule has 8 heteroatoms. The first-order valence-corrected chi connectivity index (χ1v) is 9.87. The van der Waals surface area contributed by atoms with Crippen molar-refractivity contribution < 1.29 is 13.9 Å². The number of ether oxygens (including phenoxy) is 1. The van der Waals surface area contributed by atoms with Gasteiger partial charge in [0.25, 0.3) is 0 Å². The third-order valence-corrected chi connectivity index (χ3v) is 5.22. The lowest BCUT2D eigenvalue weighted by atomic mass is 10.2. The molecule has 1 aromatic rings. The number of carbonyl (C=O) groups excluding carboxylic acids is 1. The first kappa shape index (κ1) is 19.5. The van der Waals surface area contributed by atoms with Gasteiger partial charge in [-0.15, -0.1) is 0 Å². The molecule has 150 valence electrons. The first-order valence-electron chi connectivity index (χ1n) is 9.87. The highest BCUT2D eigenvalue weighted by Gasteiger charge is 2.27. The van der Waals surface area contributed by atoms with Crippen molar-refractivity contribution in [2.45, 2.75) is 25.8 Å². The van der Waals surface area contributed by atoms with Gasteiger partial charge in [-0.3, -0.25) is 9.89 Å². The third-order valence-electron chi connectivity index (χ3n) is 5.22. The molecule has 1 aromatic heterocycles. The topological polar surface area (TPSA) is 73.5 Å². The fourth-order valence-electron chi connectivity index (χ4n) is 3.78. The summed E-state index contributed by atoms with van der Waals surface area (Å²) in [4.78, 5) is 22.7. The predicted octanol–water partition coefficient (Wildman–Crippen LogP) is 1.77. The molecule has 0 radical (unpaired) electrons. The number of furan rings is 1. The molecule has 3 rings (SSSR count). The van der Waals surface area contributed by atoms with Crippen molar-refractivity contribution >= 4 is 12.1 Å². The average Bonchev–Trinajstić information content (AvgIpc) is 3.40. The number of hydrogen-bond acceptors (Lipinski definition) is 5. The Balaban J connectivity index is 1.54. The van der Waals surface area contributed by atoms with E-state index in [0.29, 0.717) is 19.7 Å². The Morgan fingerprint density at radius 1 is 1.22 bits per heavy atom. The second-order valence-corrected chi connectivity index (χ2v) is 6.88. The fraction of sp³-hybridized carbons (Fsp3) is 0.684. The van der Waals surface area contributed by atoms with E-state index < -0.39 is 0 Å². The molecular weight excluding hydrogens is 346 g/mol. The summed E-state index contributed by atoms with van der Waals surface area (Å²) in [5, 5.41) is 3.51. The number of amides is 1. The number of hydrogen-bond donors (Lipinski definition) is 1. The van der Waals surface area contributed by atoms with Gasteiger partial charge < -0.3 is 24.3 Å². The molecule has 2 aliphatic heterocycles. The Morgan fingerprint density at radius 2 is 1.93 bits per heavy atom. The monoisotopic (exact) mass is 377 g/mol. The van der Waals surface area contributed by atoms with Gasteiger partial charge >= 0.3 is 6.09 Å². The highest BCUT2D eigenvalue weighted by molar-refractivity contribution is 5.80. The number of nitrogens with zero attached hydrogens (tertiary/aromatic N) is 4. The standard InChI is InChI=1S/C19H31N5O3/c1-3-26-19(25)24-12-10-23(11-13-24)18(20-2)21-15-16(17-7-6-14-27-17)22-8-4-5-9-22/h6-7,14,16H,3-5,8-13,15H2,1-2H3,(H,20,21). The molecule has 1 unspecified atom stereocenters. The summed E-state index contributed by atoms with van der Waals surface area (Å²) in [6.45, 7) is 7.97. The van der Waals surface area contributed by atoms with Crippen molar-refractivity contribution in [2.24, 2.45) is 4.99 Å². The molecule has 0 saturated carbocycles. The molecule has 0 bridgehead atoms. The first-order chi connectivity index (χ1) is 13.2. The summed E-state index contributed by atoms with van der Waals surface area (Å²) in [5.74, 6) is 1.86. The van der Waals surface area contributed by atoms with Crippen LogP contribution in [0.3, 0.4) is 0 Å². The van der Waals surface area contributed by atoms with Crippen LogP contribution in [-0.4, -0.2) is 86.2 Å². The minimum Gasteiger partial charge on any atom is -0.468 e. The summed E-state index contributed by atoms with van der Waals surface area (Å²) >= 11 is 0. The van der Waals surface area contributed by atoms with Gasteiger partial charge in [-0.25, -0.2) is 4.79 Å². The van der Waals surface area contributed by atoms with Crippen molar-refractivity contribution in [1.82, 2.24) is 20.0 Å². The maximum Gasteiger partial charge on any atom is 0.409 e. The summed E-state index contributed by atoms with van der Waals surface area (Å²) in [6.07, 6.45) is 3.98. The number of aliphatic imine (C=N–C) groups is 1. The average molecular weight is 377 g/mol. The van der Waals surface area contributed by atoms with E-state index >= 15 is 0 Å². The number of piperazine rings is 1. The lowest BCUT2D eigenvalue weighted by Crippen LogP contribution is -2.54. The van der Waals surface area contributed by atoms with E-state index in [1.807, 2.05) is 19.1 Å². The van der Waals surface area contributed by atoms with Gasteiger partial charge in [0, 0.05) is 39.8 Å². The largest absolute Gasteiger partial charge is 0.468 e. The van der Waals surface area contributed by atoms with E-state index in [-0.39, 0.29) is 12.1 Å². The van der Waals surface area contributed by atoms with Gasteiger partial charge in [-0.2, -0.15) is 0 Å². The molecule has 0 aliphatic carbocycles. The van der Waals surface area contributed by atoms with Crippen molar-refractivity contribution in [3.63, 3.8) is 0 Å². The fourth-order valence-corrected chi connectivity index (χ4v) is 3.78. The molecule has 1 atom stereocenters. The number of guanidine groups is 1. The number of rotatable bonds is 5. The highest BCUT2D eigenvalue weighted by atomic mass is 16.6. The van der Waals surface area contributed by atoms with Crippen LogP contribution in [0.2, 0.25) is 0 Å². The Hall–Kier alpha value is -2.22. The lowest BCUT2D eigenvalue weighted by Gasteiger charge is -2.36. The van der Waals surface area contributed by atoms with Gasteiger partial charge in [0.2, 0.25) is 0 Å². The molecule has 0 spiro atoms. The van der Waals surface area contributed by atoms with Crippen LogP contribution < -0.4 is 5.32 Å². The van der Waals surface area contributed by atoms with Crippen LogP contribution >= 0.6 is 0 Å². The Labute approximate surface area is 161 Å². The van der Waals surface area contributed by atoms with Gasteiger partial charge in [0.05, 0.1) is 18.9 Å². The van der Waals surface area contributed by atoms with Crippen molar-refractivity contribution in [3.05, 3.63) is 24.2 Å². The van der Waals surface area contributed by atoms with Gasteiger partial charge in [-0.1, -0.05) is 0 Å². The summed E-state index contributed by atoms with van der Waals surface area (Å²) in [5.41, 5.74) is 0. The Bertz CT molecular complexity index is 605. The van der Waals surface area contributed by atoms with E-state index in [2.05, 4.69) is 20.1 Å². The zero-order valence-corrected chi connectivity index (χ0v) is 16.4. The third kappa shape index (κ3) is 4.94. The Morgan fingerprint density at radius 3 is 2.52 bits per heavy atom. The molecule has 8 nitrogen and oxygen atoms in total. The minimum atomic E-state index is -0.230. The van der Waals surface area contributed by atoms with E-state index in [4.69, 9.17) is 9.15 Å². The van der Waals surface area contributed by atoms with Crippen LogP contribution in [0, 0.1) is 0 Å². The molecule has 27 heavy (non-hydrogen) atoms. The quantitative estimate of drug-likeness (QED) is 0.623. The molecular formula is C19H31N5O3. The maximum atomic E-state index is 11.9. The molecule has 1 amide bonds.